The van der Waals surface area contributed by atoms with Crippen molar-refractivity contribution in [3.8, 4) is 0 Å². The van der Waals surface area contributed by atoms with Crippen LogP contribution in [0.25, 0.3) is 0 Å². The van der Waals surface area contributed by atoms with Crippen LogP contribution in [0.3, 0.4) is 0 Å². The van der Waals surface area contributed by atoms with Gasteiger partial charge in [-0.3, -0.25) is 14.8 Å². The molecule has 0 unspecified atom stereocenters. The third-order valence-corrected chi connectivity index (χ3v) is 3.24. The SMILES string of the molecule is CCN=C(/C=C(\C)C(=O)NCC)CN(C)/N=C\C/C=C(/C)CC. The predicted octanol–water partition coefficient (Wildman–Crippen LogP) is 3.19. The van der Waals surface area contributed by atoms with E-state index in [2.05, 4.69) is 35.3 Å². The maximum Gasteiger partial charge on any atom is 0.246 e. The summed E-state index contributed by atoms with van der Waals surface area (Å²) in [5.74, 6) is -0.0531. The monoisotopic (exact) mass is 320 g/mol. The van der Waals surface area contributed by atoms with Gasteiger partial charge >= 0.3 is 0 Å². The van der Waals surface area contributed by atoms with E-state index in [1.165, 1.54) is 5.57 Å². The van der Waals surface area contributed by atoms with Gasteiger partial charge in [0.05, 0.1) is 12.3 Å². The minimum atomic E-state index is -0.0531. The molecule has 0 aromatic heterocycles. The number of nitrogens with zero attached hydrogens (tertiary/aromatic N) is 3. The highest BCUT2D eigenvalue weighted by Crippen LogP contribution is 2.00. The van der Waals surface area contributed by atoms with Gasteiger partial charge in [-0.05, 0) is 40.2 Å². The van der Waals surface area contributed by atoms with E-state index in [4.69, 9.17) is 0 Å². The lowest BCUT2D eigenvalue weighted by molar-refractivity contribution is -0.117. The molecule has 0 radical (unpaired) electrons. The summed E-state index contributed by atoms with van der Waals surface area (Å²) in [5.41, 5.74) is 2.89. The number of likely N-dealkylation sites (N-methyl/N-ethyl adjacent to an activating group) is 1. The molecule has 5 heteroatoms. The molecule has 0 spiro atoms. The minimum Gasteiger partial charge on any atom is -0.353 e. The van der Waals surface area contributed by atoms with Crippen molar-refractivity contribution in [1.82, 2.24) is 10.3 Å². The Bertz CT molecular complexity index is 475. The van der Waals surface area contributed by atoms with Gasteiger partial charge in [0.1, 0.15) is 0 Å². The molecule has 0 aromatic rings. The predicted molar refractivity (Wildman–Crippen MR) is 100 cm³/mol. The summed E-state index contributed by atoms with van der Waals surface area (Å²) in [5, 5.41) is 9.02. The Kier molecular flexibility index (Phi) is 11.6. The summed E-state index contributed by atoms with van der Waals surface area (Å²) in [4.78, 5) is 16.2. The lowest BCUT2D eigenvalue weighted by Crippen LogP contribution is -2.25. The summed E-state index contributed by atoms with van der Waals surface area (Å²) in [7, 11) is 1.91. The molecule has 130 valence electrons. The van der Waals surface area contributed by atoms with Crippen LogP contribution in [0.2, 0.25) is 0 Å². The van der Waals surface area contributed by atoms with Crippen LogP contribution >= 0.6 is 0 Å². The molecule has 0 aliphatic carbocycles. The van der Waals surface area contributed by atoms with Crippen molar-refractivity contribution in [3.63, 3.8) is 0 Å². The fourth-order valence-electron chi connectivity index (χ4n) is 1.82. The van der Waals surface area contributed by atoms with Crippen LogP contribution in [-0.4, -0.2) is 49.5 Å². The van der Waals surface area contributed by atoms with Crippen molar-refractivity contribution in [2.45, 2.75) is 47.5 Å². The van der Waals surface area contributed by atoms with Crippen LogP contribution in [0, 0.1) is 0 Å². The number of nitrogens with one attached hydrogen (secondary N) is 1. The number of carbonyl (C=O) groups excluding carboxylic acids is 1. The summed E-state index contributed by atoms with van der Waals surface area (Å²) in [6, 6.07) is 0. The minimum absolute atomic E-state index is 0.0531. The summed E-state index contributed by atoms with van der Waals surface area (Å²) < 4.78 is 0. The highest BCUT2D eigenvalue weighted by Gasteiger charge is 2.05. The second-order valence-electron chi connectivity index (χ2n) is 5.41. The lowest BCUT2D eigenvalue weighted by Gasteiger charge is -2.13. The molecule has 0 saturated heterocycles. The molecule has 0 aromatic carbocycles. The third kappa shape index (κ3) is 10.4. The Balaban J connectivity index is 4.70. The third-order valence-electron chi connectivity index (χ3n) is 3.24. The van der Waals surface area contributed by atoms with E-state index < -0.39 is 0 Å². The van der Waals surface area contributed by atoms with E-state index in [0.29, 0.717) is 25.2 Å². The van der Waals surface area contributed by atoms with Gasteiger partial charge in [0.25, 0.3) is 0 Å². The number of allylic oxidation sites excluding steroid dienone is 2. The van der Waals surface area contributed by atoms with Crippen molar-refractivity contribution in [3.05, 3.63) is 23.3 Å². The Morgan fingerprint density at radius 1 is 1.22 bits per heavy atom. The second kappa shape index (κ2) is 12.6. The van der Waals surface area contributed by atoms with E-state index >= 15 is 0 Å². The Morgan fingerprint density at radius 3 is 2.48 bits per heavy atom. The molecule has 1 amide bonds. The first kappa shape index (κ1) is 21.1. The van der Waals surface area contributed by atoms with Crippen molar-refractivity contribution < 1.29 is 4.79 Å². The summed E-state index contributed by atoms with van der Waals surface area (Å²) in [6.07, 6.45) is 7.81. The average Bonchev–Trinajstić information content (AvgIpc) is 2.51. The molecule has 0 fully saturated rings. The molecule has 23 heavy (non-hydrogen) atoms. The Hall–Kier alpha value is -1.91. The molecule has 0 bridgehead atoms. The molecule has 0 rings (SSSR count). The van der Waals surface area contributed by atoms with Gasteiger partial charge in [-0.15, -0.1) is 0 Å². The fraction of sp³-hybridized carbons (Fsp3) is 0.611. The number of hydrogen-bond donors (Lipinski definition) is 1. The van der Waals surface area contributed by atoms with Crippen LogP contribution in [0.4, 0.5) is 0 Å². The number of rotatable bonds is 10. The molecule has 0 aliphatic rings. The Labute approximate surface area is 141 Å². The summed E-state index contributed by atoms with van der Waals surface area (Å²) >= 11 is 0. The second-order valence-corrected chi connectivity index (χ2v) is 5.41. The zero-order chi connectivity index (χ0) is 17.7. The van der Waals surface area contributed by atoms with Gasteiger partial charge < -0.3 is 5.32 Å². The normalized spacial score (nSPS) is 13.6. The van der Waals surface area contributed by atoms with Crippen molar-refractivity contribution in [1.29, 1.82) is 0 Å². The van der Waals surface area contributed by atoms with E-state index in [-0.39, 0.29) is 5.91 Å². The summed E-state index contributed by atoms with van der Waals surface area (Å²) in [6.45, 7) is 11.9. The van der Waals surface area contributed by atoms with Crippen LogP contribution < -0.4 is 5.32 Å². The van der Waals surface area contributed by atoms with E-state index in [1.807, 2.05) is 38.2 Å². The van der Waals surface area contributed by atoms with Gasteiger partial charge in [0.2, 0.25) is 5.91 Å². The molecule has 0 heterocycles. The van der Waals surface area contributed by atoms with Crippen LogP contribution in [0.5, 0.6) is 0 Å². The maximum atomic E-state index is 11.8. The molecule has 5 nitrogen and oxygen atoms in total. The highest BCUT2D eigenvalue weighted by atomic mass is 16.1. The first-order chi connectivity index (χ1) is 10.9. The van der Waals surface area contributed by atoms with E-state index in [9.17, 15) is 4.79 Å². The van der Waals surface area contributed by atoms with Crippen molar-refractivity contribution in [2.24, 2.45) is 10.1 Å². The number of amides is 1. The van der Waals surface area contributed by atoms with Gasteiger partial charge in [-0.1, -0.05) is 18.6 Å². The molecule has 0 aliphatic heterocycles. The molecule has 0 atom stereocenters. The maximum absolute atomic E-state index is 11.8. The molecule has 1 N–H and O–H groups in total. The smallest absolute Gasteiger partial charge is 0.246 e. The zero-order valence-electron chi connectivity index (χ0n) is 15.5. The van der Waals surface area contributed by atoms with Gasteiger partial charge in [-0.25, -0.2) is 0 Å². The molecule has 0 saturated carbocycles. The van der Waals surface area contributed by atoms with Crippen molar-refractivity contribution >= 4 is 17.8 Å². The highest BCUT2D eigenvalue weighted by molar-refractivity contribution is 6.04. The first-order valence-electron chi connectivity index (χ1n) is 8.33. The van der Waals surface area contributed by atoms with E-state index in [1.54, 1.807) is 6.92 Å². The average molecular weight is 320 g/mol. The van der Waals surface area contributed by atoms with Gasteiger partial charge in [0, 0.05) is 38.3 Å². The standard InChI is InChI=1S/C18H32N4O/c1-7-15(4)11-10-12-21-22(6)14-17(19-8-2)13-16(5)18(23)20-9-3/h11-13H,7-10,14H2,1-6H3,(H,20,23)/b15-11-,16-13+,19-17?,21-12-. The number of aliphatic imine (C=N–C) groups is 1. The fourth-order valence-corrected chi connectivity index (χ4v) is 1.82. The van der Waals surface area contributed by atoms with Gasteiger partial charge in [-0.2, -0.15) is 5.10 Å². The van der Waals surface area contributed by atoms with Crippen LogP contribution in [0.15, 0.2) is 33.4 Å². The number of hydrazone groups is 1. The molecular formula is C18H32N4O. The largest absolute Gasteiger partial charge is 0.353 e. The number of carbonyl (C=O) groups is 1. The van der Waals surface area contributed by atoms with Gasteiger partial charge in [0.15, 0.2) is 0 Å². The van der Waals surface area contributed by atoms with Crippen LogP contribution in [-0.2, 0) is 4.79 Å². The quantitative estimate of drug-likeness (QED) is 0.291. The van der Waals surface area contributed by atoms with Crippen molar-refractivity contribution in [2.75, 3.05) is 26.7 Å². The lowest BCUT2D eigenvalue weighted by atomic mass is 10.2. The molecular weight excluding hydrogens is 288 g/mol. The Morgan fingerprint density at radius 2 is 1.91 bits per heavy atom. The van der Waals surface area contributed by atoms with E-state index in [0.717, 1.165) is 18.6 Å². The number of hydrogen-bond acceptors (Lipinski definition) is 4. The first-order valence-corrected chi connectivity index (χ1v) is 8.33. The zero-order valence-corrected chi connectivity index (χ0v) is 15.5. The topological polar surface area (TPSA) is 57.1 Å². The van der Waals surface area contributed by atoms with Crippen LogP contribution in [0.1, 0.15) is 47.5 Å².